The smallest absolute Gasteiger partial charge is 0.333 e. The number of esters is 1. The van der Waals surface area contributed by atoms with Crippen molar-refractivity contribution in [3.8, 4) is 0 Å². The SMILES string of the molecule is CCOC(=O)COSF. The molecule has 0 aromatic carbocycles. The van der Waals surface area contributed by atoms with E-state index in [2.05, 4.69) is 8.92 Å². The number of rotatable bonds is 4. The van der Waals surface area contributed by atoms with E-state index in [1.54, 1.807) is 6.92 Å². The first-order valence-corrected chi connectivity index (χ1v) is 3.01. The number of hydrogen-bond acceptors (Lipinski definition) is 4. The molecule has 0 aliphatic rings. The van der Waals surface area contributed by atoms with Crippen LogP contribution in [0.15, 0.2) is 0 Å². The molecule has 0 saturated heterocycles. The van der Waals surface area contributed by atoms with E-state index in [4.69, 9.17) is 0 Å². The molecular weight excluding hydrogens is 147 g/mol. The normalized spacial score (nSPS) is 9.11. The van der Waals surface area contributed by atoms with Crippen LogP contribution in [0.1, 0.15) is 6.92 Å². The van der Waals surface area contributed by atoms with E-state index in [0.717, 1.165) is 0 Å². The molecule has 0 fully saturated rings. The van der Waals surface area contributed by atoms with Gasteiger partial charge in [0.2, 0.25) is 12.4 Å². The lowest BCUT2D eigenvalue weighted by molar-refractivity contribution is -0.145. The van der Waals surface area contributed by atoms with E-state index < -0.39 is 5.97 Å². The summed E-state index contributed by atoms with van der Waals surface area (Å²) >= 11 is -0.345. The summed E-state index contributed by atoms with van der Waals surface area (Å²) in [7, 11) is 0. The van der Waals surface area contributed by atoms with Gasteiger partial charge < -0.3 is 4.74 Å². The second-order valence-electron chi connectivity index (χ2n) is 1.13. The molecule has 0 atom stereocenters. The largest absolute Gasteiger partial charge is 0.464 e. The average molecular weight is 154 g/mol. The summed E-state index contributed by atoms with van der Waals surface area (Å²) in [6, 6.07) is 0. The van der Waals surface area contributed by atoms with Crippen molar-refractivity contribution in [1.82, 2.24) is 0 Å². The van der Waals surface area contributed by atoms with Gasteiger partial charge in [0.1, 0.15) is 0 Å². The number of carbonyl (C=O) groups is 1. The molecule has 0 spiro atoms. The molecule has 54 valence electrons. The van der Waals surface area contributed by atoms with Crippen molar-refractivity contribution in [2.75, 3.05) is 13.2 Å². The van der Waals surface area contributed by atoms with Gasteiger partial charge in [-0.05, 0) is 6.92 Å². The van der Waals surface area contributed by atoms with Crippen LogP contribution < -0.4 is 0 Å². The Kier molecular flexibility index (Phi) is 5.65. The molecule has 0 N–H and O–H groups in total. The van der Waals surface area contributed by atoms with E-state index in [9.17, 15) is 8.68 Å². The molecule has 0 unspecified atom stereocenters. The molecule has 5 heteroatoms. The van der Waals surface area contributed by atoms with Gasteiger partial charge in [-0.25, -0.2) is 4.79 Å². The highest BCUT2D eigenvalue weighted by Crippen LogP contribution is 2.00. The fourth-order valence-electron chi connectivity index (χ4n) is 0.273. The Bertz CT molecular complexity index is 87.9. The molecule has 0 saturated carbocycles. The van der Waals surface area contributed by atoms with Gasteiger partial charge in [-0.2, -0.15) is 0 Å². The minimum Gasteiger partial charge on any atom is -0.464 e. The standard InChI is InChI=1S/C4H7FO3S/c1-2-7-4(6)3-8-9-5/h2-3H2,1H3. The maximum absolute atomic E-state index is 11.1. The average Bonchev–Trinajstić information content (AvgIpc) is 1.85. The first kappa shape index (κ1) is 8.71. The highest BCUT2D eigenvalue weighted by atomic mass is 32.2. The summed E-state index contributed by atoms with van der Waals surface area (Å²) in [6.45, 7) is 1.62. The van der Waals surface area contributed by atoms with Crippen molar-refractivity contribution in [3.63, 3.8) is 0 Å². The summed E-state index contributed by atoms with van der Waals surface area (Å²) in [6.07, 6.45) is 0. The van der Waals surface area contributed by atoms with Crippen molar-refractivity contribution in [2.45, 2.75) is 6.92 Å². The van der Waals surface area contributed by atoms with Crippen molar-refractivity contribution < 1.29 is 17.6 Å². The highest BCUT2D eigenvalue weighted by Gasteiger charge is 1.99. The Balaban J connectivity index is 3.06. The fraction of sp³-hybridized carbons (Fsp3) is 0.750. The fourth-order valence-corrected chi connectivity index (χ4v) is 0.414. The van der Waals surface area contributed by atoms with Crippen LogP contribution in [-0.2, 0) is 13.7 Å². The zero-order valence-electron chi connectivity index (χ0n) is 4.93. The van der Waals surface area contributed by atoms with Gasteiger partial charge in [-0.3, -0.25) is 4.18 Å². The van der Waals surface area contributed by atoms with Crippen LogP contribution in [0.2, 0.25) is 0 Å². The van der Waals surface area contributed by atoms with Gasteiger partial charge in [0.05, 0.1) is 6.61 Å². The number of carbonyl (C=O) groups excluding carboxylic acids is 1. The van der Waals surface area contributed by atoms with E-state index >= 15 is 0 Å². The molecule has 0 heterocycles. The quantitative estimate of drug-likeness (QED) is 0.448. The third kappa shape index (κ3) is 5.58. The van der Waals surface area contributed by atoms with Crippen molar-refractivity contribution in [1.29, 1.82) is 0 Å². The van der Waals surface area contributed by atoms with Gasteiger partial charge >= 0.3 is 5.97 Å². The molecule has 0 aliphatic heterocycles. The second kappa shape index (κ2) is 5.84. The summed E-state index contributed by atoms with van der Waals surface area (Å²) < 4.78 is 19.5. The zero-order valence-corrected chi connectivity index (χ0v) is 5.74. The third-order valence-electron chi connectivity index (χ3n) is 0.527. The maximum atomic E-state index is 11.1. The van der Waals surface area contributed by atoms with Crippen molar-refractivity contribution >= 4 is 18.4 Å². The van der Waals surface area contributed by atoms with Crippen molar-refractivity contribution in [2.24, 2.45) is 0 Å². The summed E-state index contributed by atoms with van der Waals surface area (Å²) in [5, 5.41) is 0. The molecule has 0 aromatic heterocycles. The second-order valence-corrected chi connectivity index (χ2v) is 1.49. The minimum atomic E-state index is -0.553. The maximum Gasteiger partial charge on any atom is 0.333 e. The van der Waals surface area contributed by atoms with Crippen LogP contribution in [0.3, 0.4) is 0 Å². The van der Waals surface area contributed by atoms with Crippen LogP contribution in [0, 0.1) is 0 Å². The third-order valence-corrected chi connectivity index (χ3v) is 0.734. The molecule has 0 amide bonds. The van der Waals surface area contributed by atoms with E-state index in [0.29, 0.717) is 6.61 Å². The number of ether oxygens (including phenoxy) is 1. The lowest BCUT2D eigenvalue weighted by atomic mass is 10.7. The van der Waals surface area contributed by atoms with Crippen LogP contribution in [0.25, 0.3) is 0 Å². The first-order chi connectivity index (χ1) is 4.31. The predicted molar refractivity (Wildman–Crippen MR) is 31.3 cm³/mol. The molecule has 0 bridgehead atoms. The molecule has 9 heavy (non-hydrogen) atoms. The molecule has 0 radical (unpaired) electrons. The van der Waals surface area contributed by atoms with Gasteiger partial charge in [0, 0.05) is 0 Å². The number of hydrogen-bond donors (Lipinski definition) is 0. The van der Waals surface area contributed by atoms with Crippen molar-refractivity contribution in [3.05, 3.63) is 0 Å². The van der Waals surface area contributed by atoms with Gasteiger partial charge in [0.15, 0.2) is 6.61 Å². The van der Waals surface area contributed by atoms with Gasteiger partial charge in [-0.15, -0.1) is 3.89 Å². The molecule has 3 nitrogen and oxygen atoms in total. The van der Waals surface area contributed by atoms with Crippen LogP contribution in [-0.4, -0.2) is 19.2 Å². The lowest BCUT2D eigenvalue weighted by Gasteiger charge is -1.97. The zero-order chi connectivity index (χ0) is 7.11. The predicted octanol–water partition coefficient (Wildman–Crippen LogP) is 1.10. The summed E-state index contributed by atoms with van der Waals surface area (Å²) in [4.78, 5) is 10.3. The van der Waals surface area contributed by atoms with E-state index in [-0.39, 0.29) is 19.0 Å². The Labute approximate surface area is 57.0 Å². The van der Waals surface area contributed by atoms with Gasteiger partial charge in [-0.1, -0.05) is 0 Å². The van der Waals surface area contributed by atoms with Crippen LogP contribution in [0.5, 0.6) is 0 Å². The lowest BCUT2D eigenvalue weighted by Crippen LogP contribution is -2.09. The topological polar surface area (TPSA) is 35.5 Å². The van der Waals surface area contributed by atoms with Crippen LogP contribution >= 0.6 is 12.4 Å². The number of halogens is 1. The first-order valence-electron chi connectivity index (χ1n) is 2.37. The molecule has 0 rings (SSSR count). The van der Waals surface area contributed by atoms with Crippen LogP contribution in [0.4, 0.5) is 3.89 Å². The Hall–Kier alpha value is -0.290. The Morgan fingerprint density at radius 1 is 1.78 bits per heavy atom. The highest BCUT2D eigenvalue weighted by molar-refractivity contribution is 7.89. The molecular formula is C4H7FO3S. The summed E-state index contributed by atoms with van der Waals surface area (Å²) in [5.74, 6) is -0.553. The molecule has 0 aromatic rings. The Morgan fingerprint density at radius 3 is 2.89 bits per heavy atom. The minimum absolute atomic E-state index is 0.291. The summed E-state index contributed by atoms with van der Waals surface area (Å²) in [5.41, 5.74) is 0. The Morgan fingerprint density at radius 2 is 2.44 bits per heavy atom. The monoisotopic (exact) mass is 154 g/mol. The van der Waals surface area contributed by atoms with Gasteiger partial charge in [0.25, 0.3) is 0 Å². The van der Waals surface area contributed by atoms with E-state index in [1.165, 1.54) is 0 Å². The molecule has 0 aliphatic carbocycles. The van der Waals surface area contributed by atoms with E-state index in [1.807, 2.05) is 0 Å².